The van der Waals surface area contributed by atoms with Crippen LogP contribution in [-0.2, 0) is 5.75 Å². The molecule has 0 bridgehead atoms. The van der Waals surface area contributed by atoms with E-state index in [1.54, 1.807) is 0 Å². The van der Waals surface area contributed by atoms with Gasteiger partial charge in [-0.25, -0.2) is 4.98 Å². The molecule has 0 aliphatic carbocycles. The van der Waals surface area contributed by atoms with Crippen molar-refractivity contribution in [2.24, 2.45) is 0 Å². The summed E-state index contributed by atoms with van der Waals surface area (Å²) in [5.74, 6) is 1.12. The Bertz CT molecular complexity index is 987. The SMILES string of the molecule is CC(C)c1ccc(-c2nc(SCc3ccccc3)[nH]c(=O)c2C#N)cc1. The Kier molecular flexibility index (Phi) is 5.55. The van der Waals surface area contributed by atoms with Crippen LogP contribution < -0.4 is 5.56 Å². The van der Waals surface area contributed by atoms with E-state index in [1.165, 1.54) is 17.3 Å². The molecule has 1 aromatic heterocycles. The first-order valence-corrected chi connectivity index (χ1v) is 9.38. The summed E-state index contributed by atoms with van der Waals surface area (Å²) in [6.45, 7) is 4.25. The maximum Gasteiger partial charge on any atom is 0.270 e. The molecule has 0 saturated carbocycles. The summed E-state index contributed by atoms with van der Waals surface area (Å²) in [4.78, 5) is 19.6. The second kappa shape index (κ2) is 8.03. The van der Waals surface area contributed by atoms with Crippen molar-refractivity contribution in [3.63, 3.8) is 0 Å². The Morgan fingerprint density at radius 1 is 1.12 bits per heavy atom. The Hall–Kier alpha value is -2.84. The molecule has 0 aliphatic heterocycles. The first-order chi connectivity index (χ1) is 12.6. The van der Waals surface area contributed by atoms with Crippen molar-refractivity contribution in [1.82, 2.24) is 9.97 Å². The third-order valence-electron chi connectivity index (χ3n) is 4.08. The largest absolute Gasteiger partial charge is 0.300 e. The molecule has 0 unspecified atom stereocenters. The molecule has 3 rings (SSSR count). The van der Waals surface area contributed by atoms with Crippen LogP contribution in [0, 0.1) is 11.3 Å². The minimum absolute atomic E-state index is 0.0476. The molecule has 5 heteroatoms. The highest BCUT2D eigenvalue weighted by Crippen LogP contribution is 2.25. The van der Waals surface area contributed by atoms with Gasteiger partial charge in [0.05, 0.1) is 5.69 Å². The van der Waals surface area contributed by atoms with E-state index in [4.69, 9.17) is 0 Å². The van der Waals surface area contributed by atoms with Crippen LogP contribution in [0.5, 0.6) is 0 Å². The van der Waals surface area contributed by atoms with Gasteiger partial charge < -0.3 is 4.98 Å². The molecule has 130 valence electrons. The summed E-state index contributed by atoms with van der Waals surface area (Å²) >= 11 is 1.45. The Balaban J connectivity index is 1.94. The van der Waals surface area contributed by atoms with Crippen LogP contribution >= 0.6 is 11.8 Å². The number of nitriles is 1. The van der Waals surface area contributed by atoms with Gasteiger partial charge in [-0.2, -0.15) is 5.26 Å². The molecule has 0 atom stereocenters. The molecule has 1 N–H and O–H groups in total. The number of aromatic nitrogens is 2. The van der Waals surface area contributed by atoms with Gasteiger partial charge in [-0.15, -0.1) is 0 Å². The molecule has 0 fully saturated rings. The van der Waals surface area contributed by atoms with Crippen LogP contribution in [-0.4, -0.2) is 9.97 Å². The van der Waals surface area contributed by atoms with E-state index in [2.05, 4.69) is 23.8 Å². The number of aromatic amines is 1. The summed E-state index contributed by atoms with van der Waals surface area (Å²) < 4.78 is 0. The van der Waals surface area contributed by atoms with E-state index in [0.29, 0.717) is 22.5 Å². The summed E-state index contributed by atoms with van der Waals surface area (Å²) in [6, 6.07) is 19.8. The van der Waals surface area contributed by atoms with E-state index in [9.17, 15) is 10.1 Å². The average Bonchev–Trinajstić information content (AvgIpc) is 2.67. The number of benzene rings is 2. The highest BCUT2D eigenvalue weighted by atomic mass is 32.2. The van der Waals surface area contributed by atoms with Crippen LogP contribution in [0.2, 0.25) is 0 Å². The van der Waals surface area contributed by atoms with Crippen molar-refractivity contribution in [1.29, 1.82) is 5.26 Å². The molecule has 0 aliphatic rings. The number of H-pyrrole nitrogens is 1. The van der Waals surface area contributed by atoms with Gasteiger partial charge in [0.1, 0.15) is 11.6 Å². The number of hydrogen-bond acceptors (Lipinski definition) is 4. The second-order valence-electron chi connectivity index (χ2n) is 6.26. The molecule has 0 saturated heterocycles. The molecule has 1 heterocycles. The second-order valence-corrected chi connectivity index (χ2v) is 7.22. The first-order valence-electron chi connectivity index (χ1n) is 8.40. The Morgan fingerprint density at radius 2 is 1.81 bits per heavy atom. The summed E-state index contributed by atoms with van der Waals surface area (Å²) in [6.07, 6.45) is 0. The van der Waals surface area contributed by atoms with Crippen LogP contribution in [0.25, 0.3) is 11.3 Å². The third-order valence-corrected chi connectivity index (χ3v) is 5.02. The number of nitrogens with zero attached hydrogens (tertiary/aromatic N) is 2. The third kappa shape index (κ3) is 4.04. The highest BCUT2D eigenvalue weighted by Gasteiger charge is 2.14. The predicted octanol–water partition coefficient (Wildman–Crippen LogP) is 4.72. The van der Waals surface area contributed by atoms with Crippen molar-refractivity contribution in [3.8, 4) is 17.3 Å². The highest BCUT2D eigenvalue weighted by molar-refractivity contribution is 7.98. The lowest BCUT2D eigenvalue weighted by Gasteiger charge is -2.09. The van der Waals surface area contributed by atoms with Gasteiger partial charge in [0.15, 0.2) is 5.16 Å². The molecule has 0 radical (unpaired) electrons. The van der Waals surface area contributed by atoms with E-state index in [-0.39, 0.29) is 5.56 Å². The molecule has 2 aromatic carbocycles. The van der Waals surface area contributed by atoms with Crippen molar-refractivity contribution < 1.29 is 0 Å². The Morgan fingerprint density at radius 3 is 2.42 bits per heavy atom. The summed E-state index contributed by atoms with van der Waals surface area (Å²) in [5.41, 5.74) is 3.20. The van der Waals surface area contributed by atoms with Crippen molar-refractivity contribution in [2.75, 3.05) is 0 Å². The minimum Gasteiger partial charge on any atom is -0.300 e. The quantitative estimate of drug-likeness (QED) is 0.527. The predicted molar refractivity (Wildman–Crippen MR) is 105 cm³/mol. The van der Waals surface area contributed by atoms with Crippen LogP contribution in [0.4, 0.5) is 0 Å². The summed E-state index contributed by atoms with van der Waals surface area (Å²) in [7, 11) is 0. The van der Waals surface area contributed by atoms with E-state index >= 15 is 0 Å². The first kappa shape index (κ1) is 18.0. The molecule has 3 aromatic rings. The average molecular weight is 361 g/mol. The minimum atomic E-state index is -0.402. The van der Waals surface area contributed by atoms with Gasteiger partial charge in [0.25, 0.3) is 5.56 Å². The fraction of sp³-hybridized carbons (Fsp3) is 0.190. The zero-order valence-electron chi connectivity index (χ0n) is 14.7. The number of thioether (sulfide) groups is 1. The standard InChI is InChI=1S/C21H19N3OS/c1-14(2)16-8-10-17(11-9-16)19-18(12-22)20(25)24-21(23-19)26-13-15-6-4-3-5-7-15/h3-11,14H,13H2,1-2H3,(H,23,24,25). The maximum atomic E-state index is 12.3. The normalized spacial score (nSPS) is 10.7. The van der Waals surface area contributed by atoms with Gasteiger partial charge in [-0.1, -0.05) is 80.2 Å². The number of nitrogens with one attached hydrogen (secondary N) is 1. The molecule has 4 nitrogen and oxygen atoms in total. The number of hydrogen-bond donors (Lipinski definition) is 1. The molecular formula is C21H19N3OS. The van der Waals surface area contributed by atoms with Crippen LogP contribution in [0.15, 0.2) is 64.5 Å². The van der Waals surface area contributed by atoms with Crippen LogP contribution in [0.1, 0.15) is 36.5 Å². The lowest BCUT2D eigenvalue weighted by molar-refractivity contribution is 0.866. The van der Waals surface area contributed by atoms with E-state index < -0.39 is 5.56 Å². The number of rotatable bonds is 5. The smallest absolute Gasteiger partial charge is 0.270 e. The molecule has 0 spiro atoms. The van der Waals surface area contributed by atoms with Gasteiger partial charge in [0.2, 0.25) is 0 Å². The van der Waals surface area contributed by atoms with Crippen molar-refractivity contribution >= 4 is 11.8 Å². The van der Waals surface area contributed by atoms with E-state index in [1.807, 2.05) is 60.7 Å². The van der Waals surface area contributed by atoms with Gasteiger partial charge in [-0.05, 0) is 17.0 Å². The van der Waals surface area contributed by atoms with E-state index in [0.717, 1.165) is 11.1 Å². The molecule has 26 heavy (non-hydrogen) atoms. The molecule has 0 amide bonds. The van der Waals surface area contributed by atoms with Crippen LogP contribution in [0.3, 0.4) is 0 Å². The van der Waals surface area contributed by atoms with Crippen molar-refractivity contribution in [2.45, 2.75) is 30.7 Å². The monoisotopic (exact) mass is 361 g/mol. The maximum absolute atomic E-state index is 12.3. The topological polar surface area (TPSA) is 69.5 Å². The summed E-state index contributed by atoms with van der Waals surface area (Å²) in [5, 5.41) is 9.90. The fourth-order valence-corrected chi connectivity index (χ4v) is 3.40. The zero-order chi connectivity index (χ0) is 18.5. The lowest BCUT2D eigenvalue weighted by atomic mass is 10.00. The van der Waals surface area contributed by atoms with Crippen molar-refractivity contribution in [3.05, 3.63) is 81.6 Å². The lowest BCUT2D eigenvalue weighted by Crippen LogP contribution is -2.14. The van der Waals surface area contributed by atoms with Gasteiger partial charge in [0, 0.05) is 11.3 Å². The zero-order valence-corrected chi connectivity index (χ0v) is 15.5. The van der Waals surface area contributed by atoms with Gasteiger partial charge in [-0.3, -0.25) is 4.79 Å². The Labute approximate surface area is 156 Å². The fourth-order valence-electron chi connectivity index (χ4n) is 2.59. The van der Waals surface area contributed by atoms with Gasteiger partial charge >= 0.3 is 0 Å². The molecular weight excluding hydrogens is 342 g/mol.